The number of hydrogen-bond acceptors (Lipinski definition) is 6. The van der Waals surface area contributed by atoms with E-state index < -0.39 is 17.6 Å². The molecule has 2 aromatic carbocycles. The molecule has 2 atom stereocenters. The average Bonchev–Trinajstić information content (AvgIpc) is 3.69. The van der Waals surface area contributed by atoms with E-state index in [1.54, 1.807) is 46.0 Å². The third-order valence-corrected chi connectivity index (χ3v) is 8.07. The number of rotatable bonds is 5. The number of nitrogens with zero attached hydrogens (tertiary/aromatic N) is 7. The molecule has 0 aliphatic carbocycles. The number of nitrogens with one attached hydrogen (secondary N) is 1. The van der Waals surface area contributed by atoms with E-state index in [1.165, 1.54) is 6.07 Å². The summed E-state index contributed by atoms with van der Waals surface area (Å²) in [4.78, 5) is 17.5. The van der Waals surface area contributed by atoms with Gasteiger partial charge in [0, 0.05) is 60.4 Å². The summed E-state index contributed by atoms with van der Waals surface area (Å²) in [6.45, 7) is 5.28. The summed E-state index contributed by atoms with van der Waals surface area (Å²) in [5.41, 5.74) is 3.97. The summed E-state index contributed by atoms with van der Waals surface area (Å²) in [5, 5.41) is 15.4. The van der Waals surface area contributed by atoms with Gasteiger partial charge >= 0.3 is 6.18 Å². The molecule has 2 aromatic heterocycles. The lowest BCUT2D eigenvalue weighted by Crippen LogP contribution is -2.44. The van der Waals surface area contributed by atoms with Crippen molar-refractivity contribution in [1.29, 1.82) is 0 Å². The second-order valence-corrected chi connectivity index (χ2v) is 10.7. The van der Waals surface area contributed by atoms with Gasteiger partial charge in [-0.1, -0.05) is 11.3 Å². The number of alkyl halides is 3. The van der Waals surface area contributed by atoms with Crippen molar-refractivity contribution in [2.24, 2.45) is 7.05 Å². The van der Waals surface area contributed by atoms with Gasteiger partial charge in [0.25, 0.3) is 5.91 Å². The van der Waals surface area contributed by atoms with E-state index in [4.69, 9.17) is 0 Å². The van der Waals surface area contributed by atoms with Gasteiger partial charge in [-0.3, -0.25) is 14.4 Å². The highest BCUT2D eigenvalue weighted by Gasteiger charge is 2.42. The molecule has 4 heterocycles. The van der Waals surface area contributed by atoms with Crippen LogP contribution in [-0.2, 0) is 13.2 Å². The van der Waals surface area contributed by atoms with Crippen molar-refractivity contribution in [2.45, 2.75) is 38.5 Å². The summed E-state index contributed by atoms with van der Waals surface area (Å²) < 4.78 is 44.8. The van der Waals surface area contributed by atoms with E-state index in [0.717, 1.165) is 35.9 Å². The summed E-state index contributed by atoms with van der Waals surface area (Å²) in [6, 6.07) is 9.33. The molecule has 2 aliphatic heterocycles. The van der Waals surface area contributed by atoms with Crippen LogP contribution in [0.5, 0.6) is 0 Å². The predicted molar refractivity (Wildman–Crippen MR) is 145 cm³/mol. The lowest BCUT2D eigenvalue weighted by atomic mass is 10.1. The number of likely N-dealkylation sites (N-methyl/N-ethyl adjacent to an activating group) is 1. The number of halogens is 3. The Bertz CT molecular complexity index is 1610. The minimum atomic E-state index is -4.54. The molecule has 0 spiro atoms. The lowest BCUT2D eigenvalue weighted by molar-refractivity contribution is -0.137. The molecule has 2 saturated heterocycles. The van der Waals surface area contributed by atoms with Crippen LogP contribution in [-0.4, -0.2) is 67.8 Å². The molecule has 9 nitrogen and oxygen atoms in total. The van der Waals surface area contributed by atoms with E-state index in [-0.39, 0.29) is 17.3 Å². The number of piperazine rings is 1. The average molecular weight is 551 g/mol. The van der Waals surface area contributed by atoms with E-state index in [2.05, 4.69) is 25.6 Å². The van der Waals surface area contributed by atoms with Crippen molar-refractivity contribution in [3.63, 3.8) is 0 Å². The normalized spacial score (nSPS) is 19.0. The minimum Gasteiger partial charge on any atom is -0.366 e. The Hall–Kier alpha value is -4.19. The third-order valence-electron chi connectivity index (χ3n) is 8.07. The first kappa shape index (κ1) is 26.1. The molecule has 2 aliphatic rings. The fourth-order valence-corrected chi connectivity index (χ4v) is 5.65. The van der Waals surface area contributed by atoms with Gasteiger partial charge in [-0.2, -0.15) is 18.3 Å². The second-order valence-electron chi connectivity index (χ2n) is 10.7. The Morgan fingerprint density at radius 2 is 1.85 bits per heavy atom. The predicted octanol–water partition coefficient (Wildman–Crippen LogP) is 4.45. The Labute approximate surface area is 229 Å². The number of hydrogen-bond donors (Lipinski definition) is 1. The topological polar surface area (TPSA) is 84.1 Å². The van der Waals surface area contributed by atoms with Crippen LogP contribution in [0.1, 0.15) is 33.6 Å². The number of anilines is 2. The molecule has 6 rings (SSSR count). The number of amides is 1. The molecule has 0 radical (unpaired) electrons. The van der Waals surface area contributed by atoms with Gasteiger partial charge in [-0.25, -0.2) is 4.68 Å². The van der Waals surface area contributed by atoms with E-state index in [9.17, 15) is 18.0 Å². The highest BCUT2D eigenvalue weighted by Crippen LogP contribution is 2.39. The summed E-state index contributed by atoms with van der Waals surface area (Å²) in [5.74, 6) is -0.516. The SMILES string of the molecule is Cc1ccc(C(=O)Nc2cc(N3CC4CC3CN4C)cc(C(F)(F)F)c2)cc1-n1cc(-c2cnn(C)c2C)nn1. The Balaban J connectivity index is 1.28. The minimum absolute atomic E-state index is 0.100. The zero-order chi connectivity index (χ0) is 28.3. The van der Waals surface area contributed by atoms with Gasteiger partial charge in [0.2, 0.25) is 0 Å². The van der Waals surface area contributed by atoms with Crippen LogP contribution in [0.25, 0.3) is 16.9 Å². The Morgan fingerprint density at radius 1 is 1.05 bits per heavy atom. The number of fused-ring (bicyclic) bond motifs is 2. The van der Waals surface area contributed by atoms with Crippen LogP contribution in [0, 0.1) is 13.8 Å². The molecule has 1 N–H and O–H groups in total. The van der Waals surface area contributed by atoms with Gasteiger partial charge in [0.05, 0.1) is 23.6 Å². The maximum Gasteiger partial charge on any atom is 0.416 e. The first-order valence-electron chi connectivity index (χ1n) is 13.0. The fourth-order valence-electron chi connectivity index (χ4n) is 5.65. The molecular weight excluding hydrogens is 521 g/mol. The molecule has 2 unspecified atom stereocenters. The second kappa shape index (κ2) is 9.47. The lowest BCUT2D eigenvalue weighted by Gasteiger charge is -2.34. The van der Waals surface area contributed by atoms with E-state index in [0.29, 0.717) is 29.7 Å². The number of carbonyl (C=O) groups is 1. The van der Waals surface area contributed by atoms with Crippen LogP contribution in [0.2, 0.25) is 0 Å². The van der Waals surface area contributed by atoms with Crippen LogP contribution in [0.3, 0.4) is 0 Å². The van der Waals surface area contributed by atoms with Gasteiger partial charge in [0.1, 0.15) is 5.69 Å². The number of carbonyl (C=O) groups excluding carboxylic acids is 1. The molecular formula is C28H29F3N8O. The standard InChI is InChI=1S/C28H29F3N8O/c1-16-5-6-18(7-26(16)39-15-25(34-35-39)24-12-32-37(4)17(24)2)27(40)33-20-8-19(28(29,30)31)9-21(10-20)38-14-22-11-23(38)13-36(22)3/h5-10,12,15,22-23H,11,13-14H2,1-4H3,(H,33,40). The Morgan fingerprint density at radius 3 is 2.50 bits per heavy atom. The van der Waals surface area contributed by atoms with Crippen molar-refractivity contribution in [2.75, 3.05) is 30.4 Å². The van der Waals surface area contributed by atoms with Gasteiger partial charge in [-0.15, -0.1) is 5.10 Å². The van der Waals surface area contributed by atoms with Crippen molar-refractivity contribution in [1.82, 2.24) is 29.7 Å². The summed E-state index contributed by atoms with van der Waals surface area (Å²) in [6.07, 6.45) is -0.145. The van der Waals surface area contributed by atoms with Crippen molar-refractivity contribution >= 4 is 17.3 Å². The number of aryl methyl sites for hydroxylation is 2. The number of benzene rings is 2. The maximum atomic E-state index is 13.8. The van der Waals surface area contributed by atoms with Crippen LogP contribution in [0.15, 0.2) is 48.8 Å². The molecule has 1 amide bonds. The van der Waals surface area contributed by atoms with Crippen LogP contribution < -0.4 is 10.2 Å². The molecule has 0 saturated carbocycles. The largest absolute Gasteiger partial charge is 0.416 e. The van der Waals surface area contributed by atoms with Gasteiger partial charge in [-0.05, 0) is 63.2 Å². The smallest absolute Gasteiger partial charge is 0.366 e. The quantitative estimate of drug-likeness (QED) is 0.396. The highest BCUT2D eigenvalue weighted by atomic mass is 19.4. The van der Waals surface area contributed by atoms with Crippen LogP contribution in [0.4, 0.5) is 24.5 Å². The summed E-state index contributed by atoms with van der Waals surface area (Å²) in [7, 11) is 3.88. The number of aromatic nitrogens is 5. The Kier molecular flexibility index (Phi) is 6.17. The first-order valence-corrected chi connectivity index (χ1v) is 13.0. The van der Waals surface area contributed by atoms with E-state index >= 15 is 0 Å². The molecule has 40 heavy (non-hydrogen) atoms. The van der Waals surface area contributed by atoms with Crippen LogP contribution >= 0.6 is 0 Å². The number of likely N-dealkylation sites (tertiary alicyclic amines) is 1. The molecule has 208 valence electrons. The third kappa shape index (κ3) is 4.61. The summed E-state index contributed by atoms with van der Waals surface area (Å²) >= 11 is 0. The zero-order valence-electron chi connectivity index (χ0n) is 22.6. The van der Waals surface area contributed by atoms with Crippen molar-refractivity contribution in [3.05, 3.63) is 71.2 Å². The highest BCUT2D eigenvalue weighted by molar-refractivity contribution is 6.05. The molecule has 12 heteroatoms. The fraction of sp³-hybridized carbons (Fsp3) is 0.357. The van der Waals surface area contributed by atoms with Gasteiger partial charge in [0.15, 0.2) is 0 Å². The monoisotopic (exact) mass is 550 g/mol. The van der Waals surface area contributed by atoms with Gasteiger partial charge < -0.3 is 10.2 Å². The van der Waals surface area contributed by atoms with E-state index in [1.807, 2.05) is 32.8 Å². The first-order chi connectivity index (χ1) is 19.0. The van der Waals surface area contributed by atoms with Crippen molar-refractivity contribution in [3.8, 4) is 16.9 Å². The maximum absolute atomic E-state index is 13.8. The molecule has 2 fully saturated rings. The molecule has 2 bridgehead atoms. The zero-order valence-corrected chi connectivity index (χ0v) is 22.6. The molecule has 4 aromatic rings. The van der Waals surface area contributed by atoms with Crippen molar-refractivity contribution < 1.29 is 18.0 Å².